The predicted molar refractivity (Wildman–Crippen MR) is 72.8 cm³/mol. The third-order valence-electron chi connectivity index (χ3n) is 2.45. The molecule has 0 saturated carbocycles. The minimum atomic E-state index is -0.293. The number of hydrogen-bond acceptors (Lipinski definition) is 5. The Morgan fingerprint density at radius 3 is 2.83 bits per heavy atom. The zero-order chi connectivity index (χ0) is 13.1. The molecule has 2 aromatic heterocycles. The van der Waals surface area contributed by atoms with Crippen LogP contribution in [0.3, 0.4) is 0 Å². The highest BCUT2D eigenvalue weighted by Crippen LogP contribution is 2.22. The normalized spacial score (nSPS) is 10.3. The van der Waals surface area contributed by atoms with Crippen molar-refractivity contribution in [2.45, 2.75) is 20.3 Å². The molecule has 0 unspecified atom stereocenters. The number of aryl methyl sites for hydroxylation is 2. The molecule has 5 nitrogen and oxygen atoms in total. The first-order valence-corrected chi connectivity index (χ1v) is 6.42. The van der Waals surface area contributed by atoms with Crippen molar-refractivity contribution in [2.75, 3.05) is 11.1 Å². The van der Waals surface area contributed by atoms with Crippen molar-refractivity contribution in [1.82, 2.24) is 9.97 Å². The number of amides is 1. The van der Waals surface area contributed by atoms with E-state index in [-0.39, 0.29) is 5.91 Å². The second-order valence-electron chi connectivity index (χ2n) is 3.78. The Labute approximate surface area is 109 Å². The molecule has 0 bridgehead atoms. The maximum Gasteiger partial charge on any atom is 0.276 e. The first-order chi connectivity index (χ1) is 8.60. The van der Waals surface area contributed by atoms with Gasteiger partial charge in [-0.3, -0.25) is 10.1 Å². The van der Waals surface area contributed by atoms with E-state index in [1.54, 1.807) is 18.2 Å². The molecule has 1 amide bonds. The van der Waals surface area contributed by atoms with Crippen LogP contribution in [0.1, 0.15) is 28.0 Å². The second kappa shape index (κ2) is 5.14. The third-order valence-corrected chi connectivity index (χ3v) is 3.38. The molecule has 0 aliphatic rings. The highest BCUT2D eigenvalue weighted by Gasteiger charge is 2.12. The van der Waals surface area contributed by atoms with Gasteiger partial charge in [-0.05, 0) is 25.5 Å². The van der Waals surface area contributed by atoms with Crippen LogP contribution in [0.4, 0.5) is 10.9 Å². The smallest absolute Gasteiger partial charge is 0.276 e. The summed E-state index contributed by atoms with van der Waals surface area (Å²) in [5.74, 6) is 0.0333. The first-order valence-electron chi connectivity index (χ1n) is 5.60. The Balaban J connectivity index is 2.16. The molecule has 0 saturated heterocycles. The van der Waals surface area contributed by atoms with Crippen molar-refractivity contribution in [3.8, 4) is 0 Å². The fourth-order valence-electron chi connectivity index (χ4n) is 1.55. The molecule has 18 heavy (non-hydrogen) atoms. The van der Waals surface area contributed by atoms with Gasteiger partial charge in [0.1, 0.15) is 11.5 Å². The van der Waals surface area contributed by atoms with Crippen LogP contribution in [0.2, 0.25) is 0 Å². The SMILES string of the molecule is CCc1nc(NC(=O)c2cccc(N)n2)sc1C. The van der Waals surface area contributed by atoms with Gasteiger partial charge in [-0.1, -0.05) is 13.0 Å². The van der Waals surface area contributed by atoms with Crippen LogP contribution in [0.5, 0.6) is 0 Å². The molecule has 2 heterocycles. The number of nitrogens with one attached hydrogen (secondary N) is 1. The average Bonchev–Trinajstić information content (AvgIpc) is 2.69. The molecule has 6 heteroatoms. The molecule has 2 rings (SSSR count). The Hall–Kier alpha value is -1.95. The number of carbonyl (C=O) groups is 1. The van der Waals surface area contributed by atoms with Crippen LogP contribution in [0.15, 0.2) is 18.2 Å². The van der Waals surface area contributed by atoms with Crippen molar-refractivity contribution in [1.29, 1.82) is 0 Å². The van der Waals surface area contributed by atoms with E-state index in [1.807, 2.05) is 13.8 Å². The summed E-state index contributed by atoms with van der Waals surface area (Å²) in [6.07, 6.45) is 0.856. The number of nitrogens with two attached hydrogens (primary N) is 1. The van der Waals surface area contributed by atoms with Gasteiger partial charge in [-0.2, -0.15) is 0 Å². The van der Waals surface area contributed by atoms with E-state index >= 15 is 0 Å². The summed E-state index contributed by atoms with van der Waals surface area (Å²) in [5, 5.41) is 3.33. The molecular formula is C12H14N4OS. The van der Waals surface area contributed by atoms with Gasteiger partial charge in [0, 0.05) is 4.88 Å². The van der Waals surface area contributed by atoms with Gasteiger partial charge >= 0.3 is 0 Å². The number of hydrogen-bond donors (Lipinski definition) is 2. The Bertz CT molecular complexity index is 579. The fourth-order valence-corrected chi connectivity index (χ4v) is 2.45. The summed E-state index contributed by atoms with van der Waals surface area (Å²) in [6, 6.07) is 4.95. The molecular weight excluding hydrogens is 248 g/mol. The largest absolute Gasteiger partial charge is 0.384 e. The monoisotopic (exact) mass is 262 g/mol. The number of nitrogen functional groups attached to an aromatic ring is 1. The number of aromatic nitrogens is 2. The lowest BCUT2D eigenvalue weighted by Crippen LogP contribution is -2.14. The Morgan fingerprint density at radius 2 is 2.22 bits per heavy atom. The first kappa shape index (κ1) is 12.5. The summed E-state index contributed by atoms with van der Waals surface area (Å²) in [7, 11) is 0. The van der Waals surface area contributed by atoms with Gasteiger partial charge < -0.3 is 5.73 Å². The maximum absolute atomic E-state index is 11.9. The van der Waals surface area contributed by atoms with Crippen molar-refractivity contribution in [3.05, 3.63) is 34.5 Å². The van der Waals surface area contributed by atoms with Gasteiger partial charge in [0.2, 0.25) is 0 Å². The van der Waals surface area contributed by atoms with Gasteiger partial charge in [0.25, 0.3) is 5.91 Å². The minimum absolute atomic E-state index is 0.293. The van der Waals surface area contributed by atoms with Crippen LogP contribution in [0, 0.1) is 6.92 Å². The number of anilines is 2. The van der Waals surface area contributed by atoms with E-state index in [2.05, 4.69) is 15.3 Å². The standard InChI is InChI=1S/C12H14N4OS/c1-3-8-7(2)18-12(15-8)16-11(17)9-5-4-6-10(13)14-9/h4-6H,3H2,1-2H3,(H2,13,14)(H,15,16,17). The quantitative estimate of drug-likeness (QED) is 0.889. The minimum Gasteiger partial charge on any atom is -0.384 e. The van der Waals surface area contributed by atoms with Crippen molar-refractivity contribution >= 4 is 28.2 Å². The zero-order valence-electron chi connectivity index (χ0n) is 10.2. The van der Waals surface area contributed by atoms with Gasteiger partial charge in [-0.25, -0.2) is 9.97 Å². The summed E-state index contributed by atoms with van der Waals surface area (Å²) < 4.78 is 0. The second-order valence-corrected chi connectivity index (χ2v) is 4.98. The maximum atomic E-state index is 11.9. The van der Waals surface area contributed by atoms with Crippen LogP contribution in [0.25, 0.3) is 0 Å². The van der Waals surface area contributed by atoms with Crippen molar-refractivity contribution < 1.29 is 4.79 Å². The summed E-state index contributed by atoms with van der Waals surface area (Å²) in [5.41, 5.74) is 6.84. The Morgan fingerprint density at radius 1 is 1.44 bits per heavy atom. The third kappa shape index (κ3) is 2.65. The van der Waals surface area contributed by atoms with Crippen LogP contribution in [-0.2, 0) is 6.42 Å². The van der Waals surface area contributed by atoms with Gasteiger partial charge in [-0.15, -0.1) is 11.3 Å². The molecule has 0 fully saturated rings. The number of carbonyl (C=O) groups excluding carboxylic acids is 1. The molecule has 3 N–H and O–H groups in total. The highest BCUT2D eigenvalue weighted by molar-refractivity contribution is 7.15. The number of rotatable bonds is 3. The molecule has 2 aromatic rings. The lowest BCUT2D eigenvalue weighted by molar-refractivity contribution is 0.102. The van der Waals surface area contributed by atoms with E-state index in [0.29, 0.717) is 16.6 Å². The molecule has 0 atom stereocenters. The molecule has 0 aliphatic heterocycles. The molecule has 94 valence electrons. The lowest BCUT2D eigenvalue weighted by Gasteiger charge is -2.01. The Kier molecular flexibility index (Phi) is 3.57. The number of pyridine rings is 1. The highest BCUT2D eigenvalue weighted by atomic mass is 32.1. The lowest BCUT2D eigenvalue weighted by atomic mass is 10.3. The average molecular weight is 262 g/mol. The fraction of sp³-hybridized carbons (Fsp3) is 0.250. The van der Waals surface area contributed by atoms with Gasteiger partial charge in [0.15, 0.2) is 5.13 Å². The van der Waals surface area contributed by atoms with E-state index < -0.39 is 0 Å². The van der Waals surface area contributed by atoms with Crippen LogP contribution < -0.4 is 11.1 Å². The topological polar surface area (TPSA) is 80.9 Å². The van der Waals surface area contributed by atoms with Crippen molar-refractivity contribution in [3.63, 3.8) is 0 Å². The summed E-state index contributed by atoms with van der Waals surface area (Å²) >= 11 is 1.46. The van der Waals surface area contributed by atoms with Crippen LogP contribution in [-0.4, -0.2) is 15.9 Å². The molecule has 0 aliphatic carbocycles. The van der Waals surface area contributed by atoms with E-state index in [9.17, 15) is 4.79 Å². The number of nitrogens with zero attached hydrogens (tertiary/aromatic N) is 2. The van der Waals surface area contributed by atoms with E-state index in [1.165, 1.54) is 11.3 Å². The number of thiazole rings is 1. The molecule has 0 aromatic carbocycles. The predicted octanol–water partition coefficient (Wildman–Crippen LogP) is 2.24. The van der Waals surface area contributed by atoms with E-state index in [4.69, 9.17) is 5.73 Å². The van der Waals surface area contributed by atoms with Gasteiger partial charge in [0.05, 0.1) is 5.69 Å². The van der Waals surface area contributed by atoms with Crippen LogP contribution >= 0.6 is 11.3 Å². The zero-order valence-corrected chi connectivity index (χ0v) is 11.0. The van der Waals surface area contributed by atoms with E-state index in [0.717, 1.165) is 17.0 Å². The summed E-state index contributed by atoms with van der Waals surface area (Å²) in [4.78, 5) is 21.3. The molecule has 0 radical (unpaired) electrons. The van der Waals surface area contributed by atoms with Crippen molar-refractivity contribution in [2.24, 2.45) is 0 Å². The molecule has 0 spiro atoms. The summed E-state index contributed by atoms with van der Waals surface area (Å²) in [6.45, 7) is 4.03.